The largest absolute Gasteiger partial charge is 0.584 e. The Hall–Kier alpha value is -8.74. The Labute approximate surface area is 426 Å². The Morgan fingerprint density at radius 2 is 0.446 bits per heavy atom. The molecule has 2 aliphatic heterocycles. The monoisotopic (exact) mass is 1000 g/mol. The molecule has 12 aromatic carbocycles. The average molecular weight is 1000 g/mol. The van der Waals surface area contributed by atoms with Crippen LogP contribution < -0.4 is 18.1 Å². The van der Waals surface area contributed by atoms with Crippen molar-refractivity contribution in [2.75, 3.05) is 0 Å². The van der Waals surface area contributed by atoms with E-state index in [9.17, 15) is 18.9 Å². The van der Waals surface area contributed by atoms with Crippen LogP contribution >= 0.6 is 15.6 Å². The zero-order valence-electron chi connectivity index (χ0n) is 39.3. The summed E-state index contributed by atoms with van der Waals surface area (Å²) >= 11 is 0. The molecule has 356 valence electrons. The van der Waals surface area contributed by atoms with E-state index in [0.29, 0.717) is 23.0 Å². The van der Waals surface area contributed by atoms with Crippen LogP contribution in [0.25, 0.3) is 110 Å². The lowest BCUT2D eigenvalue weighted by molar-refractivity contribution is 0.293. The molecular weight excluding hydrogens is 959 g/mol. The highest BCUT2D eigenvalue weighted by Crippen LogP contribution is 2.63. The predicted octanol–water partition coefficient (Wildman–Crippen LogP) is 17.7. The van der Waals surface area contributed by atoms with Crippen molar-refractivity contribution < 1.29 is 37.0 Å². The summed E-state index contributed by atoms with van der Waals surface area (Å²) < 4.78 is 50.9. The molecule has 0 aromatic heterocycles. The summed E-state index contributed by atoms with van der Waals surface area (Å²) in [6.07, 6.45) is 0. The maximum Gasteiger partial charge on any atom is 0.584 e. The molecule has 0 fully saturated rings. The van der Waals surface area contributed by atoms with Crippen LogP contribution in [0.2, 0.25) is 0 Å². The molecule has 0 spiro atoms. The van der Waals surface area contributed by atoms with Gasteiger partial charge >= 0.3 is 15.6 Å². The van der Waals surface area contributed by atoms with Crippen LogP contribution in [0.3, 0.4) is 0 Å². The number of phosphoric ester groups is 2. The topological polar surface area (TPSA) is 112 Å². The molecule has 0 saturated heterocycles. The molecule has 2 heterocycles. The molecule has 0 unspecified atom stereocenters. The molecule has 0 saturated carbocycles. The lowest BCUT2D eigenvalue weighted by Gasteiger charge is -2.18. The minimum absolute atomic E-state index is 0.338. The van der Waals surface area contributed by atoms with Crippen LogP contribution in [0.5, 0.6) is 23.0 Å². The van der Waals surface area contributed by atoms with Gasteiger partial charge in [-0.1, -0.05) is 218 Å². The first-order chi connectivity index (χ1) is 36.2. The Kier molecular flexibility index (Phi) is 11.0. The SMILES string of the molecule is O=P1(O)Oc2c(-c3ccccc3)cc3ccccc3c2-c2c(c(-c3ccccc3)cc3ccccc23)O1.O=P1(O)Oc2c(-c3ccccc3)cc3ccccc3c2-c2c(c(-c3ccccc3)cc3ccccc23)O1. The summed E-state index contributed by atoms with van der Waals surface area (Å²) in [4.78, 5) is 22.1. The third-order valence-corrected chi connectivity index (χ3v) is 15.3. The molecule has 74 heavy (non-hydrogen) atoms. The van der Waals surface area contributed by atoms with Crippen molar-refractivity contribution in [3.05, 3.63) is 243 Å². The molecule has 0 radical (unpaired) electrons. The smallest absolute Gasteiger partial charge is 0.394 e. The molecule has 0 bridgehead atoms. The van der Waals surface area contributed by atoms with Crippen molar-refractivity contribution in [3.8, 4) is 89.8 Å². The third kappa shape index (κ3) is 7.98. The van der Waals surface area contributed by atoms with Gasteiger partial charge in [-0.2, -0.15) is 0 Å². The van der Waals surface area contributed by atoms with Gasteiger partial charge < -0.3 is 18.1 Å². The predicted molar refractivity (Wildman–Crippen MR) is 298 cm³/mol. The van der Waals surface area contributed by atoms with Crippen molar-refractivity contribution in [2.45, 2.75) is 0 Å². The summed E-state index contributed by atoms with van der Waals surface area (Å²) in [5.74, 6) is 1.35. The fourth-order valence-electron chi connectivity index (χ4n) is 10.5. The van der Waals surface area contributed by atoms with Crippen LogP contribution in [0.4, 0.5) is 0 Å². The number of benzene rings is 12. The number of hydrogen-bond acceptors (Lipinski definition) is 6. The van der Waals surface area contributed by atoms with Gasteiger partial charge in [0, 0.05) is 44.5 Å². The van der Waals surface area contributed by atoms with Crippen molar-refractivity contribution in [1.82, 2.24) is 0 Å². The van der Waals surface area contributed by atoms with Gasteiger partial charge in [0.05, 0.1) is 0 Å². The van der Waals surface area contributed by atoms with Crippen molar-refractivity contribution >= 4 is 58.7 Å². The van der Waals surface area contributed by atoms with E-state index in [1.807, 2.05) is 218 Å². The molecule has 8 nitrogen and oxygen atoms in total. The molecule has 14 rings (SSSR count). The zero-order chi connectivity index (χ0) is 50.0. The van der Waals surface area contributed by atoms with Gasteiger partial charge in [-0.25, -0.2) is 9.13 Å². The number of phosphoric acid groups is 2. The molecule has 0 amide bonds. The fraction of sp³-hybridized carbons (Fsp3) is 0. The van der Waals surface area contributed by atoms with E-state index in [1.54, 1.807) is 0 Å². The molecule has 0 aliphatic carbocycles. The first-order valence-electron chi connectivity index (χ1n) is 24.1. The molecule has 10 heteroatoms. The van der Waals surface area contributed by atoms with Gasteiger partial charge in [-0.3, -0.25) is 9.79 Å². The van der Waals surface area contributed by atoms with E-state index >= 15 is 0 Å². The average Bonchev–Trinajstić information content (AvgIpc) is 3.66. The van der Waals surface area contributed by atoms with Crippen LogP contribution in [0.1, 0.15) is 0 Å². The van der Waals surface area contributed by atoms with Gasteiger partial charge in [0.25, 0.3) is 0 Å². The number of rotatable bonds is 4. The fourth-order valence-corrected chi connectivity index (χ4v) is 12.3. The summed E-state index contributed by atoms with van der Waals surface area (Å²) in [6, 6.07) is 79.3. The third-order valence-electron chi connectivity index (χ3n) is 13.7. The van der Waals surface area contributed by atoms with Crippen LogP contribution in [0.15, 0.2) is 243 Å². The molecule has 2 aliphatic rings. The first-order valence-corrected chi connectivity index (χ1v) is 27.1. The van der Waals surface area contributed by atoms with E-state index in [-0.39, 0.29) is 0 Å². The van der Waals surface area contributed by atoms with E-state index in [0.717, 1.165) is 110 Å². The summed E-state index contributed by atoms with van der Waals surface area (Å²) in [5.41, 5.74) is 9.44. The van der Waals surface area contributed by atoms with Gasteiger partial charge in [0.1, 0.15) is 23.0 Å². The maximum atomic E-state index is 13.5. The van der Waals surface area contributed by atoms with E-state index in [4.69, 9.17) is 18.1 Å². The van der Waals surface area contributed by atoms with Gasteiger partial charge in [-0.05, 0) is 89.6 Å². The Morgan fingerprint density at radius 3 is 0.662 bits per heavy atom. The minimum atomic E-state index is -4.55. The highest BCUT2D eigenvalue weighted by molar-refractivity contribution is 7.48. The Bertz CT molecular complexity index is 3740. The molecule has 0 atom stereocenters. The van der Waals surface area contributed by atoms with E-state index in [1.165, 1.54) is 0 Å². The molecule has 12 aromatic rings. The van der Waals surface area contributed by atoms with E-state index < -0.39 is 15.6 Å². The maximum absolute atomic E-state index is 13.5. The Morgan fingerprint density at radius 1 is 0.257 bits per heavy atom. The van der Waals surface area contributed by atoms with Crippen molar-refractivity contribution in [3.63, 3.8) is 0 Å². The second kappa shape index (κ2) is 18.1. The summed E-state index contributed by atoms with van der Waals surface area (Å²) in [7, 11) is -9.09. The van der Waals surface area contributed by atoms with Gasteiger partial charge in [-0.15, -0.1) is 0 Å². The van der Waals surface area contributed by atoms with Gasteiger partial charge in [0.15, 0.2) is 0 Å². The highest BCUT2D eigenvalue weighted by Gasteiger charge is 2.39. The van der Waals surface area contributed by atoms with Crippen LogP contribution in [0, 0.1) is 0 Å². The van der Waals surface area contributed by atoms with E-state index in [2.05, 4.69) is 24.3 Å². The highest BCUT2D eigenvalue weighted by atomic mass is 31.2. The zero-order valence-corrected chi connectivity index (χ0v) is 41.1. The first kappa shape index (κ1) is 45.1. The molecular formula is C64H42O8P2. The normalized spacial score (nSPS) is 13.8. The standard InChI is InChI=1S/2C32H21O4P/c2*33-37(34)35-31-27(21-11-3-1-4-12-21)19-23-15-7-9-17-25(23)29(31)30-26-18-10-8-16-24(26)20-28(32(30)36-37)22-13-5-2-6-14-22/h2*1-20H,(H,33,34). The lowest BCUT2D eigenvalue weighted by atomic mass is 9.86. The number of hydrogen-bond donors (Lipinski definition) is 2. The lowest BCUT2D eigenvalue weighted by Crippen LogP contribution is -2.00. The minimum Gasteiger partial charge on any atom is -0.394 e. The van der Waals surface area contributed by atoms with Crippen LogP contribution in [-0.2, 0) is 9.13 Å². The van der Waals surface area contributed by atoms with Gasteiger partial charge in [0.2, 0.25) is 0 Å². The molecule has 2 N–H and O–H groups in total. The van der Waals surface area contributed by atoms with Crippen molar-refractivity contribution in [2.24, 2.45) is 0 Å². The Balaban J connectivity index is 0.000000143. The second-order valence-corrected chi connectivity index (χ2v) is 20.8. The summed E-state index contributed by atoms with van der Waals surface area (Å²) in [6.45, 7) is 0. The number of fused-ring (bicyclic) bond motifs is 14. The quantitative estimate of drug-likeness (QED) is 0.168. The van der Waals surface area contributed by atoms with Crippen molar-refractivity contribution in [1.29, 1.82) is 0 Å². The summed E-state index contributed by atoms with van der Waals surface area (Å²) in [5, 5.41) is 7.66. The second-order valence-electron chi connectivity index (χ2n) is 18.2. The van der Waals surface area contributed by atoms with Crippen LogP contribution in [-0.4, -0.2) is 9.79 Å².